The number of halogens is 1. The second-order valence-electron chi connectivity index (χ2n) is 3.08. The van der Waals surface area contributed by atoms with Gasteiger partial charge in [-0.3, -0.25) is 9.78 Å². The van der Waals surface area contributed by atoms with Crippen LogP contribution in [0.1, 0.15) is 24.1 Å². The molecule has 2 rings (SSSR count). The Morgan fingerprint density at radius 3 is 3.00 bits per heavy atom. The molecule has 1 aliphatic carbocycles. The number of rotatable bonds is 1. The fourth-order valence-corrected chi connectivity index (χ4v) is 1.97. The van der Waals surface area contributed by atoms with E-state index in [1.807, 2.05) is 19.1 Å². The molecule has 66 valence electrons. The maximum absolute atomic E-state index is 10.7. The van der Waals surface area contributed by atoms with Crippen LogP contribution in [0.15, 0.2) is 22.3 Å². The molecule has 0 aliphatic heterocycles. The number of aldehydes is 1. The van der Waals surface area contributed by atoms with Crippen LogP contribution in [0.25, 0.3) is 6.08 Å². The Bertz CT molecular complexity index is 398. The molecule has 3 heteroatoms. The molecule has 1 atom stereocenters. The van der Waals surface area contributed by atoms with Crippen molar-refractivity contribution in [3.63, 3.8) is 0 Å². The number of fused-ring (bicyclic) bond motifs is 1. The first-order valence-corrected chi connectivity index (χ1v) is 4.84. The number of hydrogen-bond acceptors (Lipinski definition) is 2. The van der Waals surface area contributed by atoms with Crippen molar-refractivity contribution in [1.29, 1.82) is 0 Å². The van der Waals surface area contributed by atoms with E-state index in [0.29, 0.717) is 0 Å². The van der Waals surface area contributed by atoms with E-state index in [-0.39, 0.29) is 5.92 Å². The van der Waals surface area contributed by atoms with Crippen molar-refractivity contribution in [3.05, 3.63) is 33.6 Å². The lowest BCUT2D eigenvalue weighted by Gasteiger charge is -2.05. The van der Waals surface area contributed by atoms with Gasteiger partial charge in [0.1, 0.15) is 6.29 Å². The van der Waals surface area contributed by atoms with Gasteiger partial charge in [-0.2, -0.15) is 0 Å². The van der Waals surface area contributed by atoms with Crippen molar-refractivity contribution >= 4 is 28.3 Å². The summed E-state index contributed by atoms with van der Waals surface area (Å²) < 4.78 is 1.00. The van der Waals surface area contributed by atoms with Gasteiger partial charge in [0.2, 0.25) is 0 Å². The van der Waals surface area contributed by atoms with Crippen molar-refractivity contribution in [3.8, 4) is 0 Å². The summed E-state index contributed by atoms with van der Waals surface area (Å²) in [5.74, 6) is 0.130. The molecule has 0 spiro atoms. The van der Waals surface area contributed by atoms with E-state index in [9.17, 15) is 4.79 Å². The predicted molar refractivity (Wildman–Crippen MR) is 54.4 cm³/mol. The van der Waals surface area contributed by atoms with Crippen LogP contribution >= 0.6 is 15.9 Å². The Hall–Kier alpha value is -0.960. The summed E-state index contributed by atoms with van der Waals surface area (Å²) >= 11 is 3.43. The van der Waals surface area contributed by atoms with Gasteiger partial charge in [0.05, 0.1) is 5.69 Å². The molecule has 1 aromatic heterocycles. The number of pyridine rings is 1. The molecular weight excluding hydrogens is 230 g/mol. The van der Waals surface area contributed by atoms with E-state index in [1.54, 1.807) is 6.20 Å². The SMILES string of the molecule is C[C@@H]1C(C=O)=Cc2c(Br)ccnc21. The van der Waals surface area contributed by atoms with Gasteiger partial charge < -0.3 is 0 Å². The number of nitrogens with zero attached hydrogens (tertiary/aromatic N) is 1. The van der Waals surface area contributed by atoms with Crippen molar-refractivity contribution in [2.75, 3.05) is 0 Å². The molecular formula is C10H8BrNO. The number of aromatic nitrogens is 1. The van der Waals surface area contributed by atoms with Crippen LogP contribution in [-0.2, 0) is 4.79 Å². The number of allylic oxidation sites excluding steroid dienone is 1. The number of hydrogen-bond donors (Lipinski definition) is 0. The zero-order chi connectivity index (χ0) is 9.42. The molecule has 0 saturated heterocycles. The highest BCUT2D eigenvalue weighted by atomic mass is 79.9. The van der Waals surface area contributed by atoms with Crippen LogP contribution in [0.5, 0.6) is 0 Å². The fourth-order valence-electron chi connectivity index (χ4n) is 1.54. The van der Waals surface area contributed by atoms with Gasteiger partial charge in [-0.25, -0.2) is 0 Å². The maximum Gasteiger partial charge on any atom is 0.146 e. The summed E-state index contributed by atoms with van der Waals surface area (Å²) in [5.41, 5.74) is 2.82. The third-order valence-corrected chi connectivity index (χ3v) is 3.02. The minimum Gasteiger partial charge on any atom is -0.298 e. The maximum atomic E-state index is 10.7. The average Bonchev–Trinajstić information content (AvgIpc) is 2.45. The Morgan fingerprint density at radius 2 is 2.38 bits per heavy atom. The van der Waals surface area contributed by atoms with Crippen LogP contribution in [0, 0.1) is 0 Å². The molecule has 2 nitrogen and oxygen atoms in total. The third kappa shape index (κ3) is 1.23. The quantitative estimate of drug-likeness (QED) is 0.703. The molecule has 1 aliphatic rings. The minimum absolute atomic E-state index is 0.130. The summed E-state index contributed by atoms with van der Waals surface area (Å²) in [4.78, 5) is 14.9. The molecule has 0 bridgehead atoms. The highest BCUT2D eigenvalue weighted by Crippen LogP contribution is 2.36. The van der Waals surface area contributed by atoms with E-state index in [4.69, 9.17) is 0 Å². The highest BCUT2D eigenvalue weighted by Gasteiger charge is 2.23. The largest absolute Gasteiger partial charge is 0.298 e. The lowest BCUT2D eigenvalue weighted by molar-refractivity contribution is -0.105. The van der Waals surface area contributed by atoms with Gasteiger partial charge in [-0.05, 0) is 12.1 Å². The Balaban J connectivity index is 2.61. The molecule has 0 aromatic carbocycles. The molecule has 13 heavy (non-hydrogen) atoms. The molecule has 0 amide bonds. The van der Waals surface area contributed by atoms with Gasteiger partial charge in [0.15, 0.2) is 0 Å². The van der Waals surface area contributed by atoms with Crippen molar-refractivity contribution in [1.82, 2.24) is 4.98 Å². The van der Waals surface area contributed by atoms with Gasteiger partial charge in [0, 0.05) is 27.7 Å². The lowest BCUT2D eigenvalue weighted by Crippen LogP contribution is -1.96. The van der Waals surface area contributed by atoms with Crippen LogP contribution in [0.4, 0.5) is 0 Å². The molecule has 0 unspecified atom stereocenters. The first-order valence-electron chi connectivity index (χ1n) is 4.05. The van der Waals surface area contributed by atoms with Crippen LogP contribution in [0.3, 0.4) is 0 Å². The number of carbonyl (C=O) groups is 1. The lowest BCUT2D eigenvalue weighted by atomic mass is 10.0. The topological polar surface area (TPSA) is 30.0 Å². The molecule has 0 fully saturated rings. The fraction of sp³-hybridized carbons (Fsp3) is 0.200. The summed E-state index contributed by atoms with van der Waals surface area (Å²) in [6.07, 6.45) is 4.55. The monoisotopic (exact) mass is 237 g/mol. The van der Waals surface area contributed by atoms with Crippen LogP contribution in [-0.4, -0.2) is 11.3 Å². The minimum atomic E-state index is 0.130. The second kappa shape index (κ2) is 3.07. The highest BCUT2D eigenvalue weighted by molar-refractivity contribution is 9.10. The van der Waals surface area contributed by atoms with E-state index in [2.05, 4.69) is 20.9 Å². The Labute approximate surface area is 84.8 Å². The van der Waals surface area contributed by atoms with Crippen LogP contribution < -0.4 is 0 Å². The van der Waals surface area contributed by atoms with E-state index in [0.717, 1.165) is 27.6 Å². The third-order valence-electron chi connectivity index (χ3n) is 2.32. The van der Waals surface area contributed by atoms with Gasteiger partial charge >= 0.3 is 0 Å². The zero-order valence-electron chi connectivity index (χ0n) is 7.12. The zero-order valence-corrected chi connectivity index (χ0v) is 8.71. The van der Waals surface area contributed by atoms with E-state index < -0.39 is 0 Å². The molecule has 0 saturated carbocycles. The molecule has 1 heterocycles. The summed E-state index contributed by atoms with van der Waals surface area (Å²) in [7, 11) is 0. The second-order valence-corrected chi connectivity index (χ2v) is 3.93. The normalized spacial score (nSPS) is 19.5. The first-order chi connectivity index (χ1) is 6.24. The van der Waals surface area contributed by atoms with Gasteiger partial charge in [-0.1, -0.05) is 22.9 Å². The first kappa shape index (κ1) is 8.63. The van der Waals surface area contributed by atoms with E-state index in [1.165, 1.54) is 0 Å². The van der Waals surface area contributed by atoms with E-state index >= 15 is 0 Å². The van der Waals surface area contributed by atoms with Gasteiger partial charge in [0.25, 0.3) is 0 Å². The predicted octanol–water partition coefficient (Wildman–Crippen LogP) is 2.54. The molecule has 1 aromatic rings. The molecule has 0 radical (unpaired) electrons. The van der Waals surface area contributed by atoms with Crippen LogP contribution in [0.2, 0.25) is 0 Å². The molecule has 0 N–H and O–H groups in total. The smallest absolute Gasteiger partial charge is 0.146 e. The van der Waals surface area contributed by atoms with Crippen molar-refractivity contribution in [2.24, 2.45) is 0 Å². The summed E-state index contributed by atoms with van der Waals surface area (Å²) in [6, 6.07) is 1.88. The van der Waals surface area contributed by atoms with Gasteiger partial charge in [-0.15, -0.1) is 0 Å². The Morgan fingerprint density at radius 1 is 1.62 bits per heavy atom. The standard InChI is InChI=1S/C10H8BrNO/c1-6-7(5-13)4-8-9(11)2-3-12-10(6)8/h2-6H,1H3/t6-/m1/s1. The average molecular weight is 238 g/mol. The summed E-state index contributed by atoms with van der Waals surface area (Å²) in [5, 5.41) is 0. The summed E-state index contributed by atoms with van der Waals surface area (Å²) in [6.45, 7) is 1.99. The van der Waals surface area contributed by atoms with Crippen molar-refractivity contribution < 1.29 is 4.79 Å². The Kier molecular flexibility index (Phi) is 2.04. The van der Waals surface area contributed by atoms with Crippen molar-refractivity contribution in [2.45, 2.75) is 12.8 Å². The number of carbonyl (C=O) groups excluding carboxylic acids is 1.